The van der Waals surface area contributed by atoms with Gasteiger partial charge >= 0.3 is 0 Å². The molecule has 0 radical (unpaired) electrons. The molecule has 0 spiro atoms. The summed E-state index contributed by atoms with van der Waals surface area (Å²) in [4.78, 5) is 0. The fourth-order valence-corrected chi connectivity index (χ4v) is 1.64. The van der Waals surface area contributed by atoms with Crippen LogP contribution in [0.1, 0.15) is 30.9 Å². The van der Waals surface area contributed by atoms with Gasteiger partial charge < -0.3 is 10.5 Å². The van der Waals surface area contributed by atoms with Gasteiger partial charge in [0.15, 0.2) is 0 Å². The summed E-state index contributed by atoms with van der Waals surface area (Å²) >= 11 is 6.09. The summed E-state index contributed by atoms with van der Waals surface area (Å²) in [6.45, 7) is 7.27. The van der Waals surface area contributed by atoms with Crippen molar-refractivity contribution in [3.05, 3.63) is 28.3 Å². The molecule has 1 unspecified atom stereocenters. The summed E-state index contributed by atoms with van der Waals surface area (Å²) in [6.07, 6.45) is 0. The highest BCUT2D eigenvalue weighted by molar-refractivity contribution is 6.31. The lowest BCUT2D eigenvalue weighted by molar-refractivity contribution is 0.334. The van der Waals surface area contributed by atoms with E-state index in [9.17, 15) is 0 Å². The van der Waals surface area contributed by atoms with E-state index in [1.165, 1.54) is 0 Å². The molecule has 1 atom stereocenters. The Balaban J connectivity index is 3.15. The van der Waals surface area contributed by atoms with E-state index in [0.29, 0.717) is 13.2 Å². The monoisotopic (exact) mass is 227 g/mol. The maximum atomic E-state index is 6.09. The van der Waals surface area contributed by atoms with Gasteiger partial charge in [0.05, 0.1) is 6.61 Å². The van der Waals surface area contributed by atoms with Gasteiger partial charge in [0.1, 0.15) is 5.75 Å². The third-order valence-corrected chi connectivity index (χ3v) is 2.88. The summed E-state index contributed by atoms with van der Waals surface area (Å²) in [7, 11) is 0. The summed E-state index contributed by atoms with van der Waals surface area (Å²) in [5.41, 5.74) is 7.79. The van der Waals surface area contributed by atoms with Gasteiger partial charge in [0.25, 0.3) is 0 Å². The van der Waals surface area contributed by atoms with E-state index < -0.39 is 0 Å². The van der Waals surface area contributed by atoms with Crippen molar-refractivity contribution in [2.24, 2.45) is 5.73 Å². The summed E-state index contributed by atoms with van der Waals surface area (Å²) < 4.78 is 5.58. The first-order chi connectivity index (χ1) is 7.10. The maximum Gasteiger partial charge on any atom is 0.123 e. The Morgan fingerprint density at radius 2 is 2.13 bits per heavy atom. The van der Waals surface area contributed by atoms with E-state index in [4.69, 9.17) is 22.1 Å². The number of rotatable bonds is 4. The first kappa shape index (κ1) is 12.3. The second-order valence-corrected chi connectivity index (χ2v) is 4.12. The van der Waals surface area contributed by atoms with Crippen molar-refractivity contribution in [3.8, 4) is 5.75 Å². The molecule has 1 rings (SSSR count). The molecule has 0 aromatic heterocycles. The minimum absolute atomic E-state index is 0.268. The minimum Gasteiger partial charge on any atom is -0.494 e. The smallest absolute Gasteiger partial charge is 0.123 e. The Morgan fingerprint density at radius 3 is 2.67 bits per heavy atom. The summed E-state index contributed by atoms with van der Waals surface area (Å²) in [5.74, 6) is 1.17. The molecule has 2 nitrogen and oxygen atoms in total. The van der Waals surface area contributed by atoms with Crippen molar-refractivity contribution in [3.63, 3.8) is 0 Å². The van der Waals surface area contributed by atoms with Crippen LogP contribution in [0.15, 0.2) is 12.1 Å². The van der Waals surface area contributed by atoms with Gasteiger partial charge in [-0.3, -0.25) is 0 Å². The molecule has 1 aromatic carbocycles. The molecule has 2 N–H and O–H groups in total. The minimum atomic E-state index is 0.268. The zero-order valence-corrected chi connectivity index (χ0v) is 10.3. The second-order valence-electron chi connectivity index (χ2n) is 3.71. The molecule has 1 aromatic rings. The van der Waals surface area contributed by atoms with E-state index >= 15 is 0 Å². The normalized spacial score (nSPS) is 12.6. The van der Waals surface area contributed by atoms with Crippen LogP contribution in [0.4, 0.5) is 0 Å². The van der Waals surface area contributed by atoms with E-state index in [2.05, 4.69) is 6.92 Å². The van der Waals surface area contributed by atoms with Crippen LogP contribution in [-0.2, 0) is 0 Å². The van der Waals surface area contributed by atoms with Crippen LogP contribution < -0.4 is 10.5 Å². The largest absolute Gasteiger partial charge is 0.494 e. The van der Waals surface area contributed by atoms with Crippen LogP contribution >= 0.6 is 11.6 Å². The Labute approximate surface area is 96.4 Å². The van der Waals surface area contributed by atoms with Gasteiger partial charge in [0.2, 0.25) is 0 Å². The summed E-state index contributed by atoms with van der Waals surface area (Å²) in [5, 5.41) is 0.772. The Morgan fingerprint density at radius 1 is 1.47 bits per heavy atom. The van der Waals surface area contributed by atoms with Crippen molar-refractivity contribution in [2.75, 3.05) is 13.2 Å². The lowest BCUT2D eigenvalue weighted by atomic mass is 9.99. The molecule has 3 heteroatoms. The van der Waals surface area contributed by atoms with Crippen LogP contribution in [0, 0.1) is 6.92 Å². The molecule has 0 saturated heterocycles. The molecular formula is C12H18ClNO. The van der Waals surface area contributed by atoms with Crippen molar-refractivity contribution in [2.45, 2.75) is 26.7 Å². The molecular weight excluding hydrogens is 210 g/mol. The number of hydrogen-bond acceptors (Lipinski definition) is 2. The van der Waals surface area contributed by atoms with Crippen molar-refractivity contribution >= 4 is 11.6 Å². The maximum absolute atomic E-state index is 6.09. The predicted octanol–water partition coefficient (Wildman–Crippen LogP) is 3.11. The molecule has 0 aliphatic rings. The average Bonchev–Trinajstić information content (AvgIpc) is 2.22. The first-order valence-corrected chi connectivity index (χ1v) is 5.60. The SMILES string of the molecule is CCOc1cc(C)c(Cl)cc1C(C)CN. The predicted molar refractivity (Wildman–Crippen MR) is 64.8 cm³/mol. The number of halogens is 1. The molecule has 0 saturated carbocycles. The molecule has 0 heterocycles. The van der Waals surface area contributed by atoms with Crippen LogP contribution in [0.3, 0.4) is 0 Å². The van der Waals surface area contributed by atoms with Gasteiger partial charge in [-0.05, 0) is 49.6 Å². The summed E-state index contributed by atoms with van der Waals surface area (Å²) in [6, 6.07) is 3.94. The van der Waals surface area contributed by atoms with E-state index in [0.717, 1.165) is 21.9 Å². The molecule has 0 fully saturated rings. The highest BCUT2D eigenvalue weighted by atomic mass is 35.5. The average molecular weight is 228 g/mol. The van der Waals surface area contributed by atoms with Crippen molar-refractivity contribution in [1.29, 1.82) is 0 Å². The molecule has 84 valence electrons. The molecule has 0 amide bonds. The van der Waals surface area contributed by atoms with Gasteiger partial charge in [-0.25, -0.2) is 0 Å². The van der Waals surface area contributed by atoms with E-state index in [1.54, 1.807) is 0 Å². The Bertz CT molecular complexity index is 339. The molecule has 0 bridgehead atoms. The van der Waals surface area contributed by atoms with Crippen LogP contribution in [0.25, 0.3) is 0 Å². The molecule has 0 aliphatic carbocycles. The lowest BCUT2D eigenvalue weighted by Crippen LogP contribution is -2.11. The number of nitrogens with two attached hydrogens (primary N) is 1. The fraction of sp³-hybridized carbons (Fsp3) is 0.500. The standard InChI is InChI=1S/C12H18ClNO/c1-4-15-12-5-8(2)11(13)6-10(12)9(3)7-14/h5-6,9H,4,7,14H2,1-3H3. The second kappa shape index (κ2) is 5.38. The third kappa shape index (κ3) is 2.86. The van der Waals surface area contributed by atoms with Crippen LogP contribution in [0.5, 0.6) is 5.75 Å². The zero-order chi connectivity index (χ0) is 11.4. The third-order valence-electron chi connectivity index (χ3n) is 2.48. The number of hydrogen-bond donors (Lipinski definition) is 1. The van der Waals surface area contributed by atoms with Gasteiger partial charge in [0, 0.05) is 5.02 Å². The highest BCUT2D eigenvalue weighted by Crippen LogP contribution is 2.31. The lowest BCUT2D eigenvalue weighted by Gasteiger charge is -2.16. The number of ether oxygens (including phenoxy) is 1. The van der Waals surface area contributed by atoms with Gasteiger partial charge in [-0.2, -0.15) is 0 Å². The highest BCUT2D eigenvalue weighted by Gasteiger charge is 2.12. The zero-order valence-electron chi connectivity index (χ0n) is 9.51. The van der Waals surface area contributed by atoms with Gasteiger partial charge in [-0.1, -0.05) is 18.5 Å². The fourth-order valence-electron chi connectivity index (χ4n) is 1.46. The number of benzene rings is 1. The number of aryl methyl sites for hydroxylation is 1. The van der Waals surface area contributed by atoms with Crippen molar-refractivity contribution in [1.82, 2.24) is 0 Å². The first-order valence-electron chi connectivity index (χ1n) is 5.23. The van der Waals surface area contributed by atoms with Gasteiger partial charge in [-0.15, -0.1) is 0 Å². The molecule has 0 aliphatic heterocycles. The Hall–Kier alpha value is -0.730. The van der Waals surface area contributed by atoms with E-state index in [1.807, 2.05) is 26.0 Å². The topological polar surface area (TPSA) is 35.2 Å². The van der Waals surface area contributed by atoms with Crippen molar-refractivity contribution < 1.29 is 4.74 Å². The van der Waals surface area contributed by atoms with E-state index in [-0.39, 0.29) is 5.92 Å². The van der Waals surface area contributed by atoms with Crippen LogP contribution in [0.2, 0.25) is 5.02 Å². The molecule has 15 heavy (non-hydrogen) atoms. The quantitative estimate of drug-likeness (QED) is 0.858. The van der Waals surface area contributed by atoms with Crippen LogP contribution in [-0.4, -0.2) is 13.2 Å². The Kier molecular flexibility index (Phi) is 4.43.